The van der Waals surface area contributed by atoms with Crippen LogP contribution in [0, 0.1) is 5.82 Å². The van der Waals surface area contributed by atoms with Crippen molar-refractivity contribution < 1.29 is 22.7 Å². The number of benzene rings is 1. The van der Waals surface area contributed by atoms with E-state index in [0.29, 0.717) is 3.79 Å². The first kappa shape index (κ1) is 14.9. The van der Waals surface area contributed by atoms with Crippen LogP contribution in [0.3, 0.4) is 0 Å². The molecule has 0 saturated heterocycles. The first-order valence-corrected chi connectivity index (χ1v) is 8.20. The molecule has 0 atom stereocenters. The molecule has 2 N–H and O–H groups in total. The average Bonchev–Trinajstić information content (AvgIpc) is 2.75. The number of rotatable bonds is 4. The molecule has 106 valence electrons. The van der Waals surface area contributed by atoms with Gasteiger partial charge >= 0.3 is 5.97 Å². The van der Waals surface area contributed by atoms with E-state index in [1.807, 2.05) is 0 Å². The molecule has 0 aliphatic carbocycles. The van der Waals surface area contributed by atoms with Gasteiger partial charge < -0.3 is 5.11 Å². The number of hydrogen-bond donors (Lipinski definition) is 2. The number of halogens is 2. The van der Waals surface area contributed by atoms with Gasteiger partial charge in [0.1, 0.15) is 15.6 Å². The molecule has 0 aliphatic heterocycles. The van der Waals surface area contributed by atoms with Gasteiger partial charge in [-0.05, 0) is 40.2 Å². The second-order valence-electron chi connectivity index (χ2n) is 3.63. The molecule has 0 amide bonds. The van der Waals surface area contributed by atoms with Gasteiger partial charge in [0.25, 0.3) is 10.0 Å². The number of nitrogens with one attached hydrogen (secondary N) is 1. The van der Waals surface area contributed by atoms with E-state index in [9.17, 15) is 17.6 Å². The quantitative estimate of drug-likeness (QED) is 0.854. The molecule has 0 unspecified atom stereocenters. The van der Waals surface area contributed by atoms with Gasteiger partial charge in [0.15, 0.2) is 0 Å². The summed E-state index contributed by atoms with van der Waals surface area (Å²) in [6.07, 6.45) is 0. The Labute approximate surface area is 126 Å². The monoisotopic (exact) mass is 379 g/mol. The van der Waals surface area contributed by atoms with Crippen molar-refractivity contribution in [2.75, 3.05) is 4.72 Å². The molecule has 9 heteroatoms. The zero-order valence-corrected chi connectivity index (χ0v) is 12.9. The highest BCUT2D eigenvalue weighted by molar-refractivity contribution is 9.11. The maximum atomic E-state index is 13.5. The van der Waals surface area contributed by atoms with Gasteiger partial charge in [-0.1, -0.05) is 6.07 Å². The lowest BCUT2D eigenvalue weighted by molar-refractivity contribution is 0.0693. The Bertz CT molecular complexity index is 772. The largest absolute Gasteiger partial charge is 0.478 e. The molecule has 5 nitrogen and oxygen atoms in total. The molecule has 0 spiro atoms. The van der Waals surface area contributed by atoms with Crippen LogP contribution in [0.4, 0.5) is 10.1 Å². The summed E-state index contributed by atoms with van der Waals surface area (Å²) < 4.78 is 40.3. The Kier molecular flexibility index (Phi) is 4.11. The molecule has 0 fully saturated rings. The van der Waals surface area contributed by atoms with Crippen molar-refractivity contribution in [1.29, 1.82) is 0 Å². The summed E-state index contributed by atoms with van der Waals surface area (Å²) in [5.41, 5.74) is -1.03. The van der Waals surface area contributed by atoms with E-state index in [2.05, 4.69) is 20.7 Å². The topological polar surface area (TPSA) is 83.5 Å². The second kappa shape index (κ2) is 5.51. The number of carbonyl (C=O) groups is 1. The molecular formula is C11H7BrFNO4S2. The minimum atomic E-state index is -3.96. The maximum Gasteiger partial charge on any atom is 0.340 e. The van der Waals surface area contributed by atoms with Crippen molar-refractivity contribution in [3.8, 4) is 0 Å². The number of thiophene rings is 1. The van der Waals surface area contributed by atoms with Crippen molar-refractivity contribution in [1.82, 2.24) is 0 Å². The van der Waals surface area contributed by atoms with E-state index in [1.165, 1.54) is 18.2 Å². The van der Waals surface area contributed by atoms with Gasteiger partial charge in [-0.3, -0.25) is 4.72 Å². The smallest absolute Gasteiger partial charge is 0.340 e. The van der Waals surface area contributed by atoms with Crippen LogP contribution in [0.25, 0.3) is 0 Å². The molecule has 1 aromatic carbocycles. The van der Waals surface area contributed by atoms with Crippen molar-refractivity contribution in [3.63, 3.8) is 0 Å². The Hall–Kier alpha value is -1.45. The second-order valence-corrected chi connectivity index (χ2v) is 8.00. The highest BCUT2D eigenvalue weighted by Gasteiger charge is 2.22. The zero-order valence-electron chi connectivity index (χ0n) is 9.63. The Morgan fingerprint density at radius 3 is 2.55 bits per heavy atom. The summed E-state index contributed by atoms with van der Waals surface area (Å²) in [4.78, 5) is 11.0. The van der Waals surface area contributed by atoms with Gasteiger partial charge in [0.2, 0.25) is 0 Å². The first-order chi connectivity index (χ1) is 9.31. The summed E-state index contributed by atoms with van der Waals surface area (Å²) in [6, 6.07) is 6.26. The first-order valence-electron chi connectivity index (χ1n) is 5.11. The Morgan fingerprint density at radius 2 is 2.00 bits per heavy atom. The van der Waals surface area contributed by atoms with Gasteiger partial charge in [0.05, 0.1) is 9.47 Å². The third kappa shape index (κ3) is 3.00. The maximum absolute atomic E-state index is 13.5. The molecule has 1 heterocycles. The number of sulfonamides is 1. The Balaban J connectivity index is 2.45. The summed E-state index contributed by atoms with van der Waals surface area (Å²) in [7, 11) is -3.96. The van der Waals surface area contributed by atoms with Crippen LogP contribution in [-0.2, 0) is 10.0 Å². The minimum Gasteiger partial charge on any atom is -0.478 e. The normalized spacial score (nSPS) is 11.3. The lowest BCUT2D eigenvalue weighted by Gasteiger charge is -2.09. The fourth-order valence-corrected chi connectivity index (χ4v) is 4.55. The summed E-state index contributed by atoms with van der Waals surface area (Å²) in [5, 5.41) is 8.94. The van der Waals surface area contributed by atoms with E-state index < -0.39 is 27.4 Å². The van der Waals surface area contributed by atoms with Crippen LogP contribution in [0.2, 0.25) is 0 Å². The molecule has 0 saturated carbocycles. The van der Waals surface area contributed by atoms with Crippen LogP contribution in [-0.4, -0.2) is 19.5 Å². The third-order valence-corrected chi connectivity index (χ3v) is 5.77. The average molecular weight is 380 g/mol. The summed E-state index contributed by atoms with van der Waals surface area (Å²) >= 11 is 4.09. The van der Waals surface area contributed by atoms with Crippen molar-refractivity contribution >= 4 is 48.9 Å². The fraction of sp³-hybridized carbons (Fsp3) is 0. The highest BCUT2D eigenvalue weighted by atomic mass is 79.9. The highest BCUT2D eigenvalue weighted by Crippen LogP contribution is 2.29. The van der Waals surface area contributed by atoms with E-state index in [1.54, 1.807) is 6.07 Å². The predicted octanol–water partition coefficient (Wildman–Crippen LogP) is 3.15. The van der Waals surface area contributed by atoms with Gasteiger partial charge in [0, 0.05) is 0 Å². The van der Waals surface area contributed by atoms with Crippen molar-refractivity contribution in [2.24, 2.45) is 0 Å². The lowest BCUT2D eigenvalue weighted by atomic mass is 10.2. The van der Waals surface area contributed by atoms with Crippen LogP contribution < -0.4 is 4.72 Å². The van der Waals surface area contributed by atoms with Crippen molar-refractivity contribution in [2.45, 2.75) is 4.21 Å². The molecule has 0 radical (unpaired) electrons. The van der Waals surface area contributed by atoms with Crippen LogP contribution in [0.5, 0.6) is 0 Å². The van der Waals surface area contributed by atoms with Crippen molar-refractivity contribution in [3.05, 3.63) is 45.5 Å². The molecule has 1 aromatic heterocycles. The van der Waals surface area contributed by atoms with E-state index >= 15 is 0 Å². The third-order valence-electron chi connectivity index (χ3n) is 2.29. The van der Waals surface area contributed by atoms with Crippen LogP contribution in [0.1, 0.15) is 10.4 Å². The number of carboxylic acid groups (broad SMARTS) is 1. The molecule has 2 rings (SSSR count). The zero-order chi connectivity index (χ0) is 14.9. The van der Waals surface area contributed by atoms with Gasteiger partial charge in [-0.25, -0.2) is 17.6 Å². The molecule has 2 aromatic rings. The van der Waals surface area contributed by atoms with Crippen LogP contribution in [0.15, 0.2) is 38.3 Å². The SMILES string of the molecule is O=C(O)c1c(F)cccc1NS(=O)(=O)c1ccc(Br)s1. The van der Waals surface area contributed by atoms with E-state index in [4.69, 9.17) is 5.11 Å². The molecule has 20 heavy (non-hydrogen) atoms. The number of anilines is 1. The number of carboxylic acids is 1. The lowest BCUT2D eigenvalue weighted by Crippen LogP contribution is -2.15. The molecule has 0 bridgehead atoms. The molecular weight excluding hydrogens is 373 g/mol. The summed E-state index contributed by atoms with van der Waals surface area (Å²) in [5.74, 6) is -2.56. The fourth-order valence-electron chi connectivity index (χ4n) is 1.46. The van der Waals surface area contributed by atoms with E-state index in [-0.39, 0.29) is 9.90 Å². The van der Waals surface area contributed by atoms with E-state index in [0.717, 1.165) is 17.4 Å². The number of hydrogen-bond acceptors (Lipinski definition) is 4. The minimum absolute atomic E-state index is 0.00928. The standard InChI is InChI=1S/C11H7BrFNO4S2/c12-8-4-5-9(19-8)20(17,18)14-7-3-1-2-6(13)10(7)11(15)16/h1-5,14H,(H,15,16). The Morgan fingerprint density at radius 1 is 1.30 bits per heavy atom. The molecule has 0 aliphatic rings. The van der Waals surface area contributed by atoms with Gasteiger partial charge in [-0.15, -0.1) is 11.3 Å². The summed E-state index contributed by atoms with van der Waals surface area (Å²) in [6.45, 7) is 0. The van der Waals surface area contributed by atoms with Crippen LogP contribution >= 0.6 is 27.3 Å². The predicted molar refractivity (Wildman–Crippen MR) is 76.2 cm³/mol. The van der Waals surface area contributed by atoms with Gasteiger partial charge in [-0.2, -0.15) is 0 Å². The number of aromatic carboxylic acids is 1.